The fourth-order valence-corrected chi connectivity index (χ4v) is 1.83. The summed E-state index contributed by atoms with van der Waals surface area (Å²) in [5, 5.41) is 2.64. The Morgan fingerprint density at radius 2 is 1.95 bits per heavy atom. The minimum atomic E-state index is -1.23. The molecule has 20 heavy (non-hydrogen) atoms. The van der Waals surface area contributed by atoms with Gasteiger partial charge in [0.1, 0.15) is 5.82 Å². The van der Waals surface area contributed by atoms with E-state index in [1.165, 1.54) is 6.20 Å². The van der Waals surface area contributed by atoms with Crippen LogP contribution >= 0.6 is 0 Å². The van der Waals surface area contributed by atoms with Gasteiger partial charge in [0.2, 0.25) is 5.95 Å². The van der Waals surface area contributed by atoms with Crippen LogP contribution in [0.15, 0.2) is 24.5 Å². The summed E-state index contributed by atoms with van der Waals surface area (Å²) in [5.41, 5.74) is -0.180. The van der Waals surface area contributed by atoms with Crippen LogP contribution in [0.5, 0.6) is 0 Å². The highest BCUT2D eigenvalue weighted by molar-refractivity contribution is 5.54. The minimum Gasteiger partial charge on any atom is -0.383 e. The Morgan fingerprint density at radius 3 is 2.65 bits per heavy atom. The second-order valence-electron chi connectivity index (χ2n) is 4.33. The summed E-state index contributed by atoms with van der Waals surface area (Å²) in [6.07, 6.45) is 3.20. The molecule has 1 heterocycles. The molecular weight excluding hydrogens is 271 g/mol. The molecule has 0 fully saturated rings. The SMILES string of the molecule is COCC(C)n1ccnc1Nc1cc(F)c(F)cc1F. The highest BCUT2D eigenvalue weighted by atomic mass is 19.2. The Labute approximate surface area is 114 Å². The first-order chi connectivity index (χ1) is 9.52. The number of hydrogen-bond donors (Lipinski definition) is 1. The molecule has 7 heteroatoms. The zero-order valence-electron chi connectivity index (χ0n) is 11.0. The van der Waals surface area contributed by atoms with Gasteiger partial charge in [0.15, 0.2) is 11.6 Å². The van der Waals surface area contributed by atoms with Crippen molar-refractivity contribution in [1.29, 1.82) is 0 Å². The van der Waals surface area contributed by atoms with E-state index in [0.29, 0.717) is 18.6 Å². The van der Waals surface area contributed by atoms with Gasteiger partial charge in [-0.25, -0.2) is 18.2 Å². The summed E-state index contributed by atoms with van der Waals surface area (Å²) >= 11 is 0. The highest BCUT2D eigenvalue weighted by Gasteiger charge is 2.14. The Bertz CT molecular complexity index is 601. The number of methoxy groups -OCH3 is 1. The molecule has 4 nitrogen and oxygen atoms in total. The Hall–Kier alpha value is -2.02. The molecule has 0 saturated heterocycles. The van der Waals surface area contributed by atoms with E-state index in [4.69, 9.17) is 4.74 Å². The van der Waals surface area contributed by atoms with E-state index in [1.54, 1.807) is 17.9 Å². The summed E-state index contributed by atoms with van der Waals surface area (Å²) in [4.78, 5) is 4.02. The van der Waals surface area contributed by atoms with Crippen LogP contribution in [0.3, 0.4) is 0 Å². The van der Waals surface area contributed by atoms with E-state index in [0.717, 1.165) is 6.07 Å². The monoisotopic (exact) mass is 285 g/mol. The number of hydrogen-bond acceptors (Lipinski definition) is 3. The fraction of sp³-hybridized carbons (Fsp3) is 0.308. The van der Waals surface area contributed by atoms with Gasteiger partial charge in [-0.1, -0.05) is 0 Å². The average Bonchev–Trinajstić information content (AvgIpc) is 2.84. The first kappa shape index (κ1) is 14.4. The quantitative estimate of drug-likeness (QED) is 0.857. The molecular formula is C13H14F3N3O. The number of nitrogens with zero attached hydrogens (tertiary/aromatic N) is 2. The number of aromatic nitrogens is 2. The van der Waals surface area contributed by atoms with Gasteiger partial charge in [-0.15, -0.1) is 0 Å². The van der Waals surface area contributed by atoms with Crippen LogP contribution < -0.4 is 5.32 Å². The molecule has 1 atom stereocenters. The van der Waals surface area contributed by atoms with E-state index in [9.17, 15) is 13.2 Å². The third-order valence-electron chi connectivity index (χ3n) is 2.81. The normalized spacial score (nSPS) is 12.4. The van der Waals surface area contributed by atoms with Gasteiger partial charge >= 0.3 is 0 Å². The van der Waals surface area contributed by atoms with Crippen molar-refractivity contribution in [3.63, 3.8) is 0 Å². The predicted octanol–water partition coefficient (Wildman–Crippen LogP) is 3.25. The lowest BCUT2D eigenvalue weighted by molar-refractivity contribution is 0.163. The van der Waals surface area contributed by atoms with Crippen molar-refractivity contribution in [3.8, 4) is 0 Å². The molecule has 0 radical (unpaired) electrons. The van der Waals surface area contributed by atoms with Gasteiger partial charge in [0.05, 0.1) is 18.3 Å². The lowest BCUT2D eigenvalue weighted by atomic mass is 10.3. The number of imidazole rings is 1. The summed E-state index contributed by atoms with van der Waals surface area (Å²) in [5.74, 6) is -2.93. The van der Waals surface area contributed by atoms with E-state index < -0.39 is 17.5 Å². The van der Waals surface area contributed by atoms with Gasteiger partial charge < -0.3 is 14.6 Å². The standard InChI is InChI=1S/C13H14F3N3O/c1-8(7-20-2)19-4-3-17-13(19)18-12-6-10(15)9(14)5-11(12)16/h3-6,8H,7H2,1-2H3,(H,17,18). The predicted molar refractivity (Wildman–Crippen MR) is 68.4 cm³/mol. The van der Waals surface area contributed by atoms with Crippen LogP contribution in [0.2, 0.25) is 0 Å². The average molecular weight is 285 g/mol. The summed E-state index contributed by atoms with van der Waals surface area (Å²) in [7, 11) is 1.57. The fourth-order valence-electron chi connectivity index (χ4n) is 1.83. The van der Waals surface area contributed by atoms with Crippen LogP contribution in [0.4, 0.5) is 24.8 Å². The van der Waals surface area contributed by atoms with E-state index in [2.05, 4.69) is 10.3 Å². The minimum absolute atomic E-state index is 0.0432. The van der Waals surface area contributed by atoms with Crippen molar-refractivity contribution < 1.29 is 17.9 Å². The molecule has 1 unspecified atom stereocenters. The number of anilines is 2. The lowest BCUT2D eigenvalue weighted by Gasteiger charge is -2.16. The molecule has 0 aliphatic heterocycles. The number of nitrogens with one attached hydrogen (secondary N) is 1. The second-order valence-corrected chi connectivity index (χ2v) is 4.33. The maximum atomic E-state index is 13.6. The maximum Gasteiger partial charge on any atom is 0.207 e. The van der Waals surface area contributed by atoms with Crippen molar-refractivity contribution in [2.45, 2.75) is 13.0 Å². The van der Waals surface area contributed by atoms with Gasteiger partial charge in [-0.05, 0) is 6.92 Å². The number of rotatable bonds is 5. The van der Waals surface area contributed by atoms with Crippen molar-refractivity contribution in [2.24, 2.45) is 0 Å². The van der Waals surface area contributed by atoms with Crippen molar-refractivity contribution in [2.75, 3.05) is 19.0 Å². The van der Waals surface area contributed by atoms with Gasteiger partial charge in [0.25, 0.3) is 0 Å². The zero-order valence-corrected chi connectivity index (χ0v) is 11.0. The molecule has 0 saturated carbocycles. The Morgan fingerprint density at radius 1 is 1.25 bits per heavy atom. The smallest absolute Gasteiger partial charge is 0.207 e. The van der Waals surface area contributed by atoms with E-state index in [-0.39, 0.29) is 11.7 Å². The van der Waals surface area contributed by atoms with Crippen molar-refractivity contribution in [1.82, 2.24) is 9.55 Å². The number of halogens is 3. The first-order valence-corrected chi connectivity index (χ1v) is 5.96. The molecule has 1 N–H and O–H groups in total. The molecule has 0 bridgehead atoms. The molecule has 0 amide bonds. The summed E-state index contributed by atoms with van der Waals surface area (Å²) in [6.45, 7) is 2.32. The van der Waals surface area contributed by atoms with Crippen LogP contribution in [0.25, 0.3) is 0 Å². The van der Waals surface area contributed by atoms with Crippen molar-refractivity contribution >= 4 is 11.6 Å². The molecule has 1 aromatic heterocycles. The van der Waals surface area contributed by atoms with Crippen LogP contribution in [-0.4, -0.2) is 23.3 Å². The molecule has 2 aromatic rings. The molecule has 0 spiro atoms. The van der Waals surface area contributed by atoms with Gasteiger partial charge in [0, 0.05) is 31.6 Å². The van der Waals surface area contributed by atoms with Crippen molar-refractivity contribution in [3.05, 3.63) is 42.0 Å². The summed E-state index contributed by atoms with van der Waals surface area (Å²) in [6, 6.07) is 1.20. The van der Waals surface area contributed by atoms with Gasteiger partial charge in [-0.3, -0.25) is 0 Å². The molecule has 0 aliphatic rings. The number of ether oxygens (including phenoxy) is 1. The van der Waals surface area contributed by atoms with Crippen LogP contribution in [-0.2, 0) is 4.74 Å². The summed E-state index contributed by atoms with van der Waals surface area (Å²) < 4.78 is 46.3. The third-order valence-corrected chi connectivity index (χ3v) is 2.81. The van der Waals surface area contributed by atoms with Gasteiger partial charge in [-0.2, -0.15) is 0 Å². The first-order valence-electron chi connectivity index (χ1n) is 5.96. The van der Waals surface area contributed by atoms with E-state index >= 15 is 0 Å². The zero-order chi connectivity index (χ0) is 14.7. The van der Waals surface area contributed by atoms with E-state index in [1.807, 2.05) is 6.92 Å². The Kier molecular flexibility index (Phi) is 4.29. The molecule has 0 aliphatic carbocycles. The third kappa shape index (κ3) is 2.93. The number of benzene rings is 1. The maximum absolute atomic E-state index is 13.6. The van der Waals surface area contributed by atoms with Crippen LogP contribution in [0, 0.1) is 17.5 Å². The second kappa shape index (κ2) is 5.96. The topological polar surface area (TPSA) is 39.1 Å². The largest absolute Gasteiger partial charge is 0.383 e. The molecule has 108 valence electrons. The Balaban J connectivity index is 2.27. The molecule has 1 aromatic carbocycles. The lowest BCUT2D eigenvalue weighted by Crippen LogP contribution is -2.13. The highest BCUT2D eigenvalue weighted by Crippen LogP contribution is 2.23. The molecule has 2 rings (SSSR count). The van der Waals surface area contributed by atoms with Crippen LogP contribution in [0.1, 0.15) is 13.0 Å².